The summed E-state index contributed by atoms with van der Waals surface area (Å²) in [7, 11) is -2.99. The fraction of sp³-hybridized carbons (Fsp3) is 0.857. The van der Waals surface area contributed by atoms with Crippen LogP contribution in [0.3, 0.4) is 0 Å². The summed E-state index contributed by atoms with van der Waals surface area (Å²) >= 11 is 0. The molecule has 2 aliphatic heterocycles. The van der Waals surface area contributed by atoms with Crippen molar-refractivity contribution in [3.05, 3.63) is 0 Å². The second kappa shape index (κ2) is 2.01. The molecule has 2 fully saturated rings. The van der Waals surface area contributed by atoms with Gasteiger partial charge in [-0.2, -0.15) is 5.26 Å². The number of ether oxygens (including phenoxy) is 1. The molecular formula is C7H9NO3S. The number of nitrogens with zero attached hydrogens (tertiary/aromatic N) is 1. The van der Waals surface area contributed by atoms with Crippen LogP contribution in [0.15, 0.2) is 0 Å². The van der Waals surface area contributed by atoms with Crippen LogP contribution in [0.2, 0.25) is 0 Å². The average Bonchev–Trinajstić information content (AvgIpc) is 2.70. The molecule has 2 saturated heterocycles. The van der Waals surface area contributed by atoms with Gasteiger partial charge in [-0.25, -0.2) is 8.42 Å². The molecule has 3 atom stereocenters. The molecule has 0 amide bonds. The third-order valence-electron chi connectivity index (χ3n) is 2.85. The number of rotatable bonds is 0. The Balaban J connectivity index is 2.32. The van der Waals surface area contributed by atoms with Crippen molar-refractivity contribution in [1.82, 2.24) is 0 Å². The second-order valence-corrected chi connectivity index (χ2v) is 5.78. The topological polar surface area (TPSA) is 70.5 Å². The molecule has 2 rings (SSSR count). The lowest BCUT2D eigenvalue weighted by atomic mass is 10.00. The minimum atomic E-state index is -2.99. The van der Waals surface area contributed by atoms with Crippen LogP contribution < -0.4 is 0 Å². The maximum atomic E-state index is 11.3. The van der Waals surface area contributed by atoms with Crippen LogP contribution >= 0.6 is 0 Å². The van der Waals surface area contributed by atoms with Crippen molar-refractivity contribution in [1.29, 1.82) is 5.26 Å². The molecule has 0 aromatic heterocycles. The van der Waals surface area contributed by atoms with E-state index in [0.29, 0.717) is 6.42 Å². The Labute approximate surface area is 71.0 Å². The highest BCUT2D eigenvalue weighted by Crippen LogP contribution is 2.49. The molecule has 0 saturated carbocycles. The zero-order valence-electron chi connectivity index (χ0n) is 6.65. The summed E-state index contributed by atoms with van der Waals surface area (Å²) in [5.74, 6) is 0.159. The molecule has 1 spiro atoms. The van der Waals surface area contributed by atoms with Crippen LogP contribution in [0.25, 0.3) is 0 Å². The van der Waals surface area contributed by atoms with E-state index in [1.807, 2.05) is 6.07 Å². The summed E-state index contributed by atoms with van der Waals surface area (Å²) < 4.78 is 27.7. The fourth-order valence-electron chi connectivity index (χ4n) is 1.81. The van der Waals surface area contributed by atoms with E-state index < -0.39 is 26.8 Å². The van der Waals surface area contributed by atoms with E-state index in [4.69, 9.17) is 10.00 Å². The third-order valence-corrected chi connectivity index (χ3v) is 5.09. The zero-order chi connectivity index (χ0) is 8.98. The molecule has 5 heteroatoms. The van der Waals surface area contributed by atoms with E-state index in [1.54, 1.807) is 6.92 Å². The number of nitriles is 1. The lowest BCUT2D eigenvalue weighted by Gasteiger charge is -2.06. The smallest absolute Gasteiger partial charge is 0.175 e. The predicted molar refractivity (Wildman–Crippen MR) is 41.1 cm³/mol. The van der Waals surface area contributed by atoms with E-state index in [-0.39, 0.29) is 5.75 Å². The first-order valence-corrected chi connectivity index (χ1v) is 5.53. The summed E-state index contributed by atoms with van der Waals surface area (Å²) in [4.78, 5) is 0. The van der Waals surface area contributed by atoms with Gasteiger partial charge < -0.3 is 4.74 Å². The van der Waals surface area contributed by atoms with Crippen molar-refractivity contribution in [2.75, 3.05) is 5.75 Å². The largest absolute Gasteiger partial charge is 0.348 e. The molecular weight excluding hydrogens is 178 g/mol. The highest BCUT2D eigenvalue weighted by molar-refractivity contribution is 7.92. The van der Waals surface area contributed by atoms with Gasteiger partial charge in [-0.1, -0.05) is 0 Å². The van der Waals surface area contributed by atoms with Crippen LogP contribution in [0, 0.1) is 11.3 Å². The summed E-state index contributed by atoms with van der Waals surface area (Å²) in [5.41, 5.74) is -0.645. The maximum absolute atomic E-state index is 11.3. The van der Waals surface area contributed by atoms with Gasteiger partial charge in [-0.3, -0.25) is 0 Å². The highest BCUT2D eigenvalue weighted by Gasteiger charge is 2.67. The van der Waals surface area contributed by atoms with Gasteiger partial charge in [-0.05, 0) is 13.3 Å². The van der Waals surface area contributed by atoms with Gasteiger partial charge in [-0.15, -0.1) is 0 Å². The predicted octanol–water partition coefficient (Wildman–Crippen LogP) is -0.145. The number of hydrogen-bond acceptors (Lipinski definition) is 4. The highest BCUT2D eigenvalue weighted by atomic mass is 32.2. The normalized spacial score (nSPS) is 49.0. The Bertz CT molecular complexity index is 355. The first-order valence-electron chi connectivity index (χ1n) is 3.82. The molecule has 2 heterocycles. The van der Waals surface area contributed by atoms with Gasteiger partial charge >= 0.3 is 0 Å². The third kappa shape index (κ3) is 0.767. The van der Waals surface area contributed by atoms with Crippen molar-refractivity contribution < 1.29 is 13.2 Å². The zero-order valence-corrected chi connectivity index (χ0v) is 7.47. The van der Waals surface area contributed by atoms with E-state index in [0.717, 1.165) is 0 Å². The van der Waals surface area contributed by atoms with Gasteiger partial charge in [0.25, 0.3) is 0 Å². The maximum Gasteiger partial charge on any atom is 0.175 e. The first kappa shape index (κ1) is 8.02. The molecule has 0 N–H and O–H groups in total. The SMILES string of the molecule is CC1C2(CCS1(=O)=O)OC2C#N. The lowest BCUT2D eigenvalue weighted by molar-refractivity contribution is 0.298. The van der Waals surface area contributed by atoms with Crippen LogP contribution in [-0.4, -0.2) is 31.1 Å². The molecule has 0 radical (unpaired) electrons. The van der Waals surface area contributed by atoms with Crippen LogP contribution in [0.1, 0.15) is 13.3 Å². The molecule has 0 bridgehead atoms. The quantitative estimate of drug-likeness (QED) is 0.495. The van der Waals surface area contributed by atoms with Gasteiger partial charge in [0.05, 0.1) is 17.1 Å². The number of epoxide rings is 1. The molecule has 2 aliphatic rings. The van der Waals surface area contributed by atoms with E-state index in [1.165, 1.54) is 0 Å². The van der Waals surface area contributed by atoms with E-state index >= 15 is 0 Å². The van der Waals surface area contributed by atoms with Crippen LogP contribution in [0.5, 0.6) is 0 Å². The van der Waals surface area contributed by atoms with Gasteiger partial charge in [0.15, 0.2) is 15.9 Å². The van der Waals surface area contributed by atoms with Gasteiger partial charge in [0, 0.05) is 0 Å². The molecule has 0 aliphatic carbocycles. The second-order valence-electron chi connectivity index (χ2n) is 3.34. The summed E-state index contributed by atoms with van der Waals surface area (Å²) in [6, 6.07) is 1.95. The van der Waals surface area contributed by atoms with Gasteiger partial charge in [0.1, 0.15) is 5.60 Å². The Morgan fingerprint density at radius 3 is 2.67 bits per heavy atom. The van der Waals surface area contributed by atoms with Crippen molar-refractivity contribution >= 4 is 9.84 Å². The molecule has 3 unspecified atom stereocenters. The Kier molecular flexibility index (Phi) is 1.34. The van der Waals surface area contributed by atoms with Crippen LogP contribution in [0.4, 0.5) is 0 Å². The molecule has 66 valence electrons. The lowest BCUT2D eigenvalue weighted by Crippen LogP contribution is -2.27. The minimum Gasteiger partial charge on any atom is -0.348 e. The van der Waals surface area contributed by atoms with E-state index in [2.05, 4.69) is 0 Å². The van der Waals surface area contributed by atoms with Gasteiger partial charge in [0.2, 0.25) is 0 Å². The molecule has 12 heavy (non-hydrogen) atoms. The molecule has 0 aromatic rings. The summed E-state index contributed by atoms with van der Waals surface area (Å²) in [6.07, 6.45) is -0.0147. The van der Waals surface area contributed by atoms with E-state index in [9.17, 15) is 8.42 Å². The Morgan fingerprint density at radius 1 is 1.67 bits per heavy atom. The molecule has 0 aromatic carbocycles. The Hall–Kier alpha value is -0.600. The summed E-state index contributed by atoms with van der Waals surface area (Å²) in [6.45, 7) is 1.62. The number of sulfone groups is 1. The fourth-order valence-corrected chi connectivity index (χ4v) is 3.67. The summed E-state index contributed by atoms with van der Waals surface area (Å²) in [5, 5.41) is 8.04. The standard InChI is InChI=1S/C7H9NO3S/c1-5-7(6(4-8)11-7)2-3-12(5,9)10/h5-6H,2-3H2,1H3. The van der Waals surface area contributed by atoms with Crippen molar-refractivity contribution in [2.45, 2.75) is 30.3 Å². The average molecular weight is 187 g/mol. The first-order chi connectivity index (χ1) is 5.53. The van der Waals surface area contributed by atoms with Crippen molar-refractivity contribution in [2.24, 2.45) is 0 Å². The number of hydrogen-bond donors (Lipinski definition) is 0. The minimum absolute atomic E-state index is 0.159. The monoisotopic (exact) mass is 187 g/mol. The molecule has 4 nitrogen and oxygen atoms in total. The van der Waals surface area contributed by atoms with Crippen LogP contribution in [-0.2, 0) is 14.6 Å². The van der Waals surface area contributed by atoms with Crippen molar-refractivity contribution in [3.63, 3.8) is 0 Å². The van der Waals surface area contributed by atoms with Crippen molar-refractivity contribution in [3.8, 4) is 6.07 Å². The Morgan fingerprint density at radius 2 is 2.33 bits per heavy atom.